The van der Waals surface area contributed by atoms with Gasteiger partial charge in [0.1, 0.15) is 5.65 Å². The van der Waals surface area contributed by atoms with Gasteiger partial charge in [-0.3, -0.25) is 9.69 Å². The van der Waals surface area contributed by atoms with Crippen molar-refractivity contribution in [2.24, 2.45) is 0 Å². The summed E-state index contributed by atoms with van der Waals surface area (Å²) in [5.41, 5.74) is 3.73. The molecule has 9 nitrogen and oxygen atoms in total. The van der Waals surface area contributed by atoms with Gasteiger partial charge in [-0.1, -0.05) is 11.8 Å². The van der Waals surface area contributed by atoms with E-state index in [-0.39, 0.29) is 23.8 Å². The van der Waals surface area contributed by atoms with Crippen molar-refractivity contribution in [2.45, 2.75) is 13.8 Å². The molecule has 1 aromatic carbocycles. The van der Waals surface area contributed by atoms with Gasteiger partial charge in [-0.15, -0.1) is 0 Å². The van der Waals surface area contributed by atoms with E-state index in [4.69, 9.17) is 9.47 Å². The van der Waals surface area contributed by atoms with Crippen molar-refractivity contribution in [3.63, 3.8) is 0 Å². The highest BCUT2D eigenvalue weighted by Crippen LogP contribution is 2.31. The number of aryl methyl sites for hydroxylation is 1. The highest BCUT2D eigenvalue weighted by atomic mass is 16.5. The number of pyridine rings is 1. The Balaban J connectivity index is 1.35. The second-order valence-electron chi connectivity index (χ2n) is 9.54. The van der Waals surface area contributed by atoms with Gasteiger partial charge in [0.05, 0.1) is 13.2 Å². The lowest BCUT2D eigenvalue weighted by Gasteiger charge is -2.30. The lowest BCUT2D eigenvalue weighted by Crippen LogP contribution is -2.44. The van der Waals surface area contributed by atoms with Gasteiger partial charge in [0.2, 0.25) is 11.7 Å². The molecule has 4 heterocycles. The van der Waals surface area contributed by atoms with Gasteiger partial charge in [-0.05, 0) is 62.9 Å². The summed E-state index contributed by atoms with van der Waals surface area (Å²) < 4.78 is 11.1. The predicted molar refractivity (Wildman–Crippen MR) is 149 cm³/mol. The number of fused-ring (bicyclic) bond motifs is 1. The van der Waals surface area contributed by atoms with E-state index in [0.29, 0.717) is 11.3 Å². The third-order valence-corrected chi connectivity index (χ3v) is 6.75. The van der Waals surface area contributed by atoms with E-state index < -0.39 is 11.8 Å². The Morgan fingerprint density at radius 3 is 2.85 bits per heavy atom. The molecule has 2 N–H and O–H groups in total. The molecule has 0 aliphatic carbocycles. The minimum Gasteiger partial charge on any atom is -0.462 e. The topological polar surface area (TPSA) is 99.8 Å². The van der Waals surface area contributed by atoms with E-state index in [1.54, 1.807) is 25.4 Å². The Kier molecular flexibility index (Phi) is 7.77. The van der Waals surface area contributed by atoms with Crippen molar-refractivity contribution in [3.05, 3.63) is 76.6 Å². The summed E-state index contributed by atoms with van der Waals surface area (Å²) in [6.07, 6.45) is 5.02. The predicted octanol–water partition coefficient (Wildman–Crippen LogP) is 3.30. The maximum Gasteiger partial charge on any atom is 0.347 e. The van der Waals surface area contributed by atoms with Gasteiger partial charge in [0.15, 0.2) is 11.3 Å². The molecule has 1 saturated heterocycles. The first-order valence-corrected chi connectivity index (χ1v) is 13.0. The second kappa shape index (κ2) is 11.6. The van der Waals surface area contributed by atoms with E-state index in [1.807, 2.05) is 37.3 Å². The number of hydrogen-bond donors (Lipinski definition) is 2. The summed E-state index contributed by atoms with van der Waals surface area (Å²) in [5, 5.41) is 3.96. The van der Waals surface area contributed by atoms with Gasteiger partial charge in [-0.25, -0.2) is 9.78 Å². The zero-order valence-corrected chi connectivity index (χ0v) is 22.3. The van der Waals surface area contributed by atoms with Crippen LogP contribution in [0.15, 0.2) is 59.9 Å². The monoisotopic (exact) mass is 525 g/mol. The standard InChI is InChI=1S/C30H31N5O4/c1-4-38-30(37)26-27(36)25(18-22-19-32-28-23(22)8-5-11-31-28)39-29(26)33-24-10-9-21(17-20(24)2)7-6-12-35-15-13-34(3)14-16-35/h5,8-11,17-19,33H,4,12-16H2,1-3H3,(H,31,32)/b25-18-. The molecule has 5 rings (SSSR count). The van der Waals surface area contributed by atoms with Crippen molar-refractivity contribution in [1.29, 1.82) is 0 Å². The van der Waals surface area contributed by atoms with Crippen molar-refractivity contribution in [3.8, 4) is 11.8 Å². The van der Waals surface area contributed by atoms with Crippen LogP contribution < -0.4 is 5.32 Å². The summed E-state index contributed by atoms with van der Waals surface area (Å²) in [6.45, 7) is 8.67. The number of carbonyl (C=O) groups excluding carboxylic acids is 2. The molecule has 0 unspecified atom stereocenters. The third-order valence-electron chi connectivity index (χ3n) is 6.75. The van der Waals surface area contributed by atoms with Gasteiger partial charge < -0.3 is 24.7 Å². The molecule has 0 bridgehead atoms. The van der Waals surface area contributed by atoms with Gasteiger partial charge >= 0.3 is 5.97 Å². The zero-order chi connectivity index (χ0) is 27.4. The average molecular weight is 526 g/mol. The lowest BCUT2D eigenvalue weighted by molar-refractivity contribution is -0.139. The van der Waals surface area contributed by atoms with E-state index in [1.165, 1.54) is 0 Å². The Bertz CT molecular complexity index is 1530. The van der Waals surface area contributed by atoms with Crippen LogP contribution in [0.2, 0.25) is 0 Å². The van der Waals surface area contributed by atoms with Crippen LogP contribution in [0.5, 0.6) is 0 Å². The Hall–Kier alpha value is -4.39. The second-order valence-corrected chi connectivity index (χ2v) is 9.54. The maximum absolute atomic E-state index is 13.2. The van der Waals surface area contributed by atoms with Gasteiger partial charge in [0.25, 0.3) is 0 Å². The number of anilines is 1. The first-order valence-electron chi connectivity index (χ1n) is 13.0. The molecular formula is C30H31N5O4. The molecule has 0 amide bonds. The van der Waals surface area contributed by atoms with Crippen molar-refractivity contribution < 1.29 is 19.1 Å². The third kappa shape index (κ3) is 5.87. The molecule has 39 heavy (non-hydrogen) atoms. The van der Waals surface area contributed by atoms with Crippen LogP contribution in [-0.4, -0.2) is 77.9 Å². The quantitative estimate of drug-likeness (QED) is 0.219. The van der Waals surface area contributed by atoms with E-state index in [0.717, 1.165) is 54.8 Å². The van der Waals surface area contributed by atoms with E-state index in [9.17, 15) is 9.59 Å². The summed E-state index contributed by atoms with van der Waals surface area (Å²) in [5.74, 6) is 5.29. The number of allylic oxidation sites excluding steroid dienone is 1. The molecule has 0 radical (unpaired) electrons. The van der Waals surface area contributed by atoms with Gasteiger partial charge in [0, 0.05) is 60.8 Å². The maximum atomic E-state index is 13.2. The molecule has 0 spiro atoms. The lowest BCUT2D eigenvalue weighted by atomic mass is 10.1. The number of esters is 1. The van der Waals surface area contributed by atoms with Crippen molar-refractivity contribution in [1.82, 2.24) is 19.8 Å². The minimum absolute atomic E-state index is 0.0225. The number of Topliss-reactive ketones (excluding diaryl/α,β-unsaturated/α-hetero) is 1. The number of aromatic nitrogens is 2. The highest BCUT2D eigenvalue weighted by Gasteiger charge is 2.37. The number of benzene rings is 1. The molecule has 2 aliphatic heterocycles. The SMILES string of the molecule is CCOC(=O)C1=C(Nc2ccc(C#CCN3CCN(C)CC3)cc2C)O/C(=C\c2c[nH]c3ncccc23)C1=O. The summed E-state index contributed by atoms with van der Waals surface area (Å²) in [7, 11) is 2.14. The molecule has 0 saturated carbocycles. The Morgan fingerprint density at radius 1 is 1.26 bits per heavy atom. The minimum atomic E-state index is -0.738. The van der Waals surface area contributed by atoms with Crippen LogP contribution in [0.1, 0.15) is 23.6 Å². The number of ether oxygens (including phenoxy) is 2. The zero-order valence-electron chi connectivity index (χ0n) is 22.3. The molecule has 3 aromatic rings. The number of hydrogen-bond acceptors (Lipinski definition) is 8. The summed E-state index contributed by atoms with van der Waals surface area (Å²) in [6, 6.07) is 9.45. The smallest absolute Gasteiger partial charge is 0.347 e. The number of nitrogens with one attached hydrogen (secondary N) is 2. The molecular weight excluding hydrogens is 494 g/mol. The molecule has 2 aliphatic rings. The first-order chi connectivity index (χ1) is 18.9. The normalized spacial score (nSPS) is 17.3. The number of likely N-dealkylation sites (N-methyl/N-ethyl adjacent to an activating group) is 1. The van der Waals surface area contributed by atoms with E-state index in [2.05, 4.69) is 44.0 Å². The van der Waals surface area contributed by atoms with Crippen LogP contribution in [0.25, 0.3) is 17.1 Å². The van der Waals surface area contributed by atoms with Gasteiger partial charge in [-0.2, -0.15) is 0 Å². The Morgan fingerprint density at radius 2 is 2.08 bits per heavy atom. The largest absolute Gasteiger partial charge is 0.462 e. The van der Waals surface area contributed by atoms with Crippen LogP contribution in [0.4, 0.5) is 5.69 Å². The first kappa shape index (κ1) is 26.2. The molecule has 0 atom stereocenters. The summed E-state index contributed by atoms with van der Waals surface area (Å²) in [4.78, 5) is 38.0. The fraction of sp³-hybridized carbons (Fsp3) is 0.300. The molecule has 9 heteroatoms. The van der Waals surface area contributed by atoms with Crippen LogP contribution in [0.3, 0.4) is 0 Å². The number of ketones is 1. The fourth-order valence-electron chi connectivity index (χ4n) is 4.51. The number of carbonyl (C=O) groups is 2. The number of nitrogens with zero attached hydrogens (tertiary/aromatic N) is 3. The van der Waals surface area contributed by atoms with Crippen LogP contribution in [-0.2, 0) is 19.1 Å². The van der Waals surface area contributed by atoms with Crippen LogP contribution in [0, 0.1) is 18.8 Å². The Labute approximate surface area is 227 Å². The molecule has 200 valence electrons. The fourth-order valence-corrected chi connectivity index (χ4v) is 4.51. The number of H-pyrrole nitrogens is 1. The number of piperazine rings is 1. The average Bonchev–Trinajstić information content (AvgIpc) is 3.47. The number of aromatic amines is 1. The van der Waals surface area contributed by atoms with Crippen molar-refractivity contribution in [2.75, 3.05) is 51.7 Å². The molecule has 2 aromatic heterocycles. The summed E-state index contributed by atoms with van der Waals surface area (Å²) >= 11 is 0. The van der Waals surface area contributed by atoms with E-state index >= 15 is 0 Å². The highest BCUT2D eigenvalue weighted by molar-refractivity contribution is 6.26. The number of rotatable bonds is 6. The van der Waals surface area contributed by atoms with Crippen LogP contribution >= 0.6 is 0 Å². The molecule has 1 fully saturated rings. The van der Waals surface area contributed by atoms with Crippen molar-refractivity contribution >= 4 is 34.5 Å².